The molecule has 0 bridgehead atoms. The third kappa shape index (κ3) is 41.8. The first-order chi connectivity index (χ1) is 24.9. The second-order valence-electron chi connectivity index (χ2n) is 14.9. The number of ether oxygens (including phenoxy) is 2. The van der Waals surface area contributed by atoms with Gasteiger partial charge in [-0.3, -0.25) is 0 Å². The molecular weight excluding hydrogens is 657 g/mol. The predicted molar refractivity (Wildman–Crippen MR) is 221 cm³/mol. The van der Waals surface area contributed by atoms with Gasteiger partial charge >= 0.3 is 10.3 Å². The highest BCUT2D eigenvalue weighted by atomic mass is 32.2. The van der Waals surface area contributed by atoms with Crippen molar-refractivity contribution in [2.75, 3.05) is 53.6 Å². The van der Waals surface area contributed by atoms with Crippen LogP contribution in [0.15, 0.2) is 24.3 Å². The van der Waals surface area contributed by atoms with Crippen LogP contribution in [-0.4, -0.2) is 73.0 Å². The molecular formula is C43H86N2O5S. The summed E-state index contributed by atoms with van der Waals surface area (Å²) in [5, 5.41) is 0. The Kier molecular flexibility index (Phi) is 39.8. The Balaban J connectivity index is 4.01. The van der Waals surface area contributed by atoms with Crippen LogP contribution in [0, 0.1) is 0 Å². The second-order valence-corrected chi connectivity index (χ2v) is 16.3. The third-order valence-electron chi connectivity index (χ3n) is 9.31. The molecule has 0 aliphatic rings. The van der Waals surface area contributed by atoms with E-state index in [1.165, 1.54) is 154 Å². The van der Waals surface area contributed by atoms with Crippen LogP contribution >= 0.6 is 0 Å². The Morgan fingerprint density at radius 2 is 0.843 bits per heavy atom. The fraction of sp³-hybridized carbons (Fsp3) is 0.907. The molecule has 0 aromatic rings. The van der Waals surface area contributed by atoms with Gasteiger partial charge in [0.15, 0.2) is 0 Å². The summed E-state index contributed by atoms with van der Waals surface area (Å²) in [4.78, 5) is 1.93. The van der Waals surface area contributed by atoms with Crippen molar-refractivity contribution >= 4 is 10.3 Å². The fourth-order valence-corrected chi connectivity index (χ4v) is 6.92. The molecule has 0 aliphatic carbocycles. The van der Waals surface area contributed by atoms with Crippen LogP contribution in [0.25, 0.3) is 0 Å². The van der Waals surface area contributed by atoms with Crippen molar-refractivity contribution < 1.29 is 22.1 Å². The van der Waals surface area contributed by atoms with Crippen LogP contribution in [0.2, 0.25) is 0 Å². The van der Waals surface area contributed by atoms with Gasteiger partial charge in [-0.05, 0) is 78.3 Å². The zero-order valence-corrected chi connectivity index (χ0v) is 35.1. The molecule has 8 heteroatoms. The minimum atomic E-state index is -3.87. The van der Waals surface area contributed by atoms with E-state index < -0.39 is 16.4 Å². The highest BCUT2D eigenvalue weighted by molar-refractivity contribution is 7.84. The minimum absolute atomic E-state index is 0.215. The van der Waals surface area contributed by atoms with E-state index >= 15 is 0 Å². The molecule has 0 radical (unpaired) electrons. The van der Waals surface area contributed by atoms with E-state index in [4.69, 9.17) is 13.7 Å². The first-order valence-corrected chi connectivity index (χ1v) is 23.1. The summed E-state index contributed by atoms with van der Waals surface area (Å²) < 4.78 is 44.8. The molecule has 0 atom stereocenters. The van der Waals surface area contributed by atoms with Crippen LogP contribution in [0.5, 0.6) is 0 Å². The predicted octanol–water partition coefficient (Wildman–Crippen LogP) is 11.9. The van der Waals surface area contributed by atoms with Crippen molar-refractivity contribution in [2.24, 2.45) is 0 Å². The standard InChI is InChI=1S/C43H86N2O5S/c1-5-7-9-11-13-15-17-19-21-23-25-27-29-31-33-35-39-48-41-43(50-51(46,47)44-37-38-45(3)4)42-49-40-36-34-32-30-28-26-24-22-20-18-16-14-12-10-8-6-2/h19-22,43-44H,5-18,23-42H2,1-4H3/b21-19-,22-20-. The maximum absolute atomic E-state index is 12.5. The van der Waals surface area contributed by atoms with Gasteiger partial charge in [0.25, 0.3) is 0 Å². The molecule has 1 N–H and O–H groups in total. The molecule has 0 amide bonds. The van der Waals surface area contributed by atoms with E-state index in [0.29, 0.717) is 26.3 Å². The van der Waals surface area contributed by atoms with Crippen molar-refractivity contribution in [3.63, 3.8) is 0 Å². The zero-order valence-electron chi connectivity index (χ0n) is 34.3. The zero-order chi connectivity index (χ0) is 37.4. The molecule has 0 rings (SSSR count). The van der Waals surface area contributed by atoms with Crippen molar-refractivity contribution in [3.8, 4) is 0 Å². The Morgan fingerprint density at radius 1 is 0.510 bits per heavy atom. The van der Waals surface area contributed by atoms with Crippen LogP contribution in [0.4, 0.5) is 0 Å². The van der Waals surface area contributed by atoms with Crippen LogP contribution < -0.4 is 4.72 Å². The molecule has 0 aromatic heterocycles. The molecule has 0 unspecified atom stereocenters. The van der Waals surface area contributed by atoms with E-state index in [0.717, 1.165) is 25.7 Å². The second kappa shape index (κ2) is 40.4. The number of rotatable bonds is 42. The summed E-state index contributed by atoms with van der Waals surface area (Å²) in [6.45, 7) is 7.11. The van der Waals surface area contributed by atoms with E-state index in [-0.39, 0.29) is 13.2 Å². The van der Waals surface area contributed by atoms with Gasteiger partial charge in [0.2, 0.25) is 0 Å². The van der Waals surface area contributed by atoms with Crippen molar-refractivity contribution in [2.45, 2.75) is 200 Å². The van der Waals surface area contributed by atoms with Gasteiger partial charge in [0.05, 0.1) is 13.2 Å². The number of nitrogens with zero attached hydrogens (tertiary/aromatic N) is 1. The van der Waals surface area contributed by atoms with Gasteiger partial charge in [0, 0.05) is 26.3 Å². The SMILES string of the molecule is CCCCCCCC/C=C\CCCCCCCCOCC(COCCCCCCCC/C=C\CCCCCCCC)OS(=O)(=O)NCCN(C)C. The number of likely N-dealkylation sites (N-methyl/N-ethyl adjacent to an activating group) is 1. The van der Waals surface area contributed by atoms with Crippen molar-refractivity contribution in [3.05, 3.63) is 24.3 Å². The molecule has 0 spiro atoms. The van der Waals surface area contributed by atoms with Gasteiger partial charge in [-0.15, -0.1) is 0 Å². The fourth-order valence-electron chi connectivity index (χ4n) is 6.04. The topological polar surface area (TPSA) is 77.1 Å². The summed E-state index contributed by atoms with van der Waals surface area (Å²) in [6.07, 6.45) is 44.5. The average molecular weight is 743 g/mol. The molecule has 0 saturated heterocycles. The lowest BCUT2D eigenvalue weighted by Gasteiger charge is -2.19. The number of allylic oxidation sites excluding steroid dienone is 4. The number of hydrogen-bond donors (Lipinski definition) is 1. The maximum atomic E-state index is 12.5. The summed E-state index contributed by atoms with van der Waals surface area (Å²) >= 11 is 0. The first kappa shape index (κ1) is 50.2. The molecule has 51 heavy (non-hydrogen) atoms. The van der Waals surface area contributed by atoms with Crippen LogP contribution in [0.3, 0.4) is 0 Å². The Morgan fingerprint density at radius 3 is 1.20 bits per heavy atom. The molecule has 0 heterocycles. The van der Waals surface area contributed by atoms with Crippen molar-refractivity contribution in [1.29, 1.82) is 0 Å². The minimum Gasteiger partial charge on any atom is -0.379 e. The lowest BCUT2D eigenvalue weighted by molar-refractivity contribution is -0.00575. The number of unbranched alkanes of at least 4 members (excludes halogenated alkanes) is 24. The molecule has 7 nitrogen and oxygen atoms in total. The monoisotopic (exact) mass is 743 g/mol. The van der Waals surface area contributed by atoms with E-state index in [2.05, 4.69) is 42.9 Å². The molecule has 0 aliphatic heterocycles. The quantitative estimate of drug-likeness (QED) is 0.0496. The summed E-state index contributed by atoms with van der Waals surface area (Å²) in [6, 6.07) is 0. The Labute approximate surface area is 318 Å². The summed E-state index contributed by atoms with van der Waals surface area (Å²) in [5.74, 6) is 0. The third-order valence-corrected chi connectivity index (χ3v) is 10.4. The lowest BCUT2D eigenvalue weighted by Crippen LogP contribution is -2.37. The summed E-state index contributed by atoms with van der Waals surface area (Å²) in [5.41, 5.74) is 0. The van der Waals surface area contributed by atoms with Crippen molar-refractivity contribution in [1.82, 2.24) is 9.62 Å². The van der Waals surface area contributed by atoms with Crippen LogP contribution in [0.1, 0.15) is 194 Å². The summed E-state index contributed by atoms with van der Waals surface area (Å²) in [7, 11) is -0.0537. The lowest BCUT2D eigenvalue weighted by atomic mass is 10.1. The normalized spacial score (nSPS) is 12.5. The number of nitrogens with one attached hydrogen (secondary N) is 1. The maximum Gasteiger partial charge on any atom is 0.336 e. The molecule has 0 fully saturated rings. The highest BCUT2D eigenvalue weighted by Gasteiger charge is 2.20. The van der Waals surface area contributed by atoms with E-state index in [1.54, 1.807) is 0 Å². The van der Waals surface area contributed by atoms with Gasteiger partial charge < -0.3 is 14.4 Å². The Bertz CT molecular complexity index is 803. The van der Waals surface area contributed by atoms with Gasteiger partial charge in [0.1, 0.15) is 6.10 Å². The smallest absolute Gasteiger partial charge is 0.336 e. The number of hydrogen-bond acceptors (Lipinski definition) is 6. The molecule has 0 saturated carbocycles. The highest BCUT2D eigenvalue weighted by Crippen LogP contribution is 2.12. The van der Waals surface area contributed by atoms with Gasteiger partial charge in [-0.25, -0.2) is 4.18 Å². The Hall–Kier alpha value is -0.770. The average Bonchev–Trinajstić information content (AvgIpc) is 3.10. The van der Waals surface area contributed by atoms with E-state index in [1.807, 2.05) is 19.0 Å². The molecule has 0 aromatic carbocycles. The van der Waals surface area contributed by atoms with Gasteiger partial charge in [-0.2, -0.15) is 13.1 Å². The van der Waals surface area contributed by atoms with Gasteiger partial charge in [-0.1, -0.05) is 154 Å². The largest absolute Gasteiger partial charge is 0.379 e. The first-order valence-electron chi connectivity index (χ1n) is 21.7. The van der Waals surface area contributed by atoms with Crippen LogP contribution in [-0.2, 0) is 24.0 Å². The molecule has 304 valence electrons. The van der Waals surface area contributed by atoms with E-state index in [9.17, 15) is 8.42 Å².